The van der Waals surface area contributed by atoms with E-state index in [1.165, 1.54) is 0 Å². The Morgan fingerprint density at radius 2 is 2.31 bits per heavy atom. The molecule has 0 aliphatic carbocycles. The van der Waals surface area contributed by atoms with Crippen molar-refractivity contribution >= 4 is 21.6 Å². The number of hydrogen-bond acceptors (Lipinski definition) is 3. The number of benzene rings is 1. The number of rotatable bonds is 4. The van der Waals surface area contributed by atoms with Gasteiger partial charge in [-0.1, -0.05) is 0 Å². The van der Waals surface area contributed by atoms with E-state index in [0.29, 0.717) is 6.54 Å². The zero-order valence-corrected chi connectivity index (χ0v) is 10.4. The van der Waals surface area contributed by atoms with Crippen molar-refractivity contribution in [1.29, 1.82) is 0 Å². The van der Waals surface area contributed by atoms with Crippen LogP contribution in [0.15, 0.2) is 34.9 Å². The smallest absolute Gasteiger partial charge is 0.135 e. The number of H-pyrrole nitrogens is 1. The summed E-state index contributed by atoms with van der Waals surface area (Å²) in [6.45, 7) is 0.713. The van der Waals surface area contributed by atoms with Crippen molar-refractivity contribution in [3.8, 4) is 5.75 Å². The first-order valence-corrected chi connectivity index (χ1v) is 5.64. The summed E-state index contributed by atoms with van der Waals surface area (Å²) in [4.78, 5) is 0. The van der Waals surface area contributed by atoms with Crippen molar-refractivity contribution in [1.82, 2.24) is 10.2 Å². The van der Waals surface area contributed by atoms with E-state index < -0.39 is 0 Å². The molecular weight excluding hydrogens is 270 g/mol. The minimum Gasteiger partial charge on any atom is -0.495 e. The molecule has 0 unspecified atom stereocenters. The highest BCUT2D eigenvalue weighted by molar-refractivity contribution is 9.10. The van der Waals surface area contributed by atoms with Gasteiger partial charge >= 0.3 is 0 Å². The van der Waals surface area contributed by atoms with Crippen LogP contribution in [0, 0.1) is 0 Å². The molecule has 0 aliphatic heterocycles. The summed E-state index contributed by atoms with van der Waals surface area (Å²) in [5, 5.41) is 10.1. The van der Waals surface area contributed by atoms with E-state index in [4.69, 9.17) is 4.74 Å². The first-order chi connectivity index (χ1) is 7.79. The standard InChI is InChI=1S/C11H12BrN3O/c1-16-11-6-8(2-3-10(11)12)13-7-9-4-5-14-15-9/h2-6,13H,7H2,1H3,(H,14,15). The van der Waals surface area contributed by atoms with E-state index in [-0.39, 0.29) is 0 Å². The fourth-order valence-electron chi connectivity index (χ4n) is 1.35. The van der Waals surface area contributed by atoms with Gasteiger partial charge in [0.2, 0.25) is 0 Å². The van der Waals surface area contributed by atoms with Crippen molar-refractivity contribution in [3.05, 3.63) is 40.6 Å². The summed E-state index contributed by atoms with van der Waals surface area (Å²) in [5.41, 5.74) is 2.05. The van der Waals surface area contributed by atoms with Gasteiger partial charge in [0.15, 0.2) is 0 Å². The van der Waals surface area contributed by atoms with Crippen LogP contribution >= 0.6 is 15.9 Å². The summed E-state index contributed by atoms with van der Waals surface area (Å²) in [7, 11) is 1.65. The average molecular weight is 282 g/mol. The third kappa shape index (κ3) is 2.55. The lowest BCUT2D eigenvalue weighted by Gasteiger charge is -2.08. The Morgan fingerprint density at radius 1 is 1.44 bits per heavy atom. The van der Waals surface area contributed by atoms with Crippen LogP contribution in [0.3, 0.4) is 0 Å². The minimum absolute atomic E-state index is 0.713. The van der Waals surface area contributed by atoms with Gasteiger partial charge in [0.25, 0.3) is 0 Å². The van der Waals surface area contributed by atoms with Gasteiger partial charge in [-0.05, 0) is 34.1 Å². The van der Waals surface area contributed by atoms with Crippen molar-refractivity contribution in [3.63, 3.8) is 0 Å². The Morgan fingerprint density at radius 3 is 3.00 bits per heavy atom. The number of halogens is 1. The van der Waals surface area contributed by atoms with Gasteiger partial charge in [0, 0.05) is 18.0 Å². The van der Waals surface area contributed by atoms with Crippen molar-refractivity contribution in [2.75, 3.05) is 12.4 Å². The molecular formula is C11H12BrN3O. The zero-order chi connectivity index (χ0) is 11.4. The third-order valence-corrected chi connectivity index (χ3v) is 2.85. The van der Waals surface area contributed by atoms with Crippen LogP contribution in [0.2, 0.25) is 0 Å². The molecule has 0 fully saturated rings. The molecule has 1 heterocycles. The first kappa shape index (κ1) is 11.0. The molecule has 2 rings (SSSR count). The summed E-state index contributed by atoms with van der Waals surface area (Å²) in [6, 6.07) is 7.82. The van der Waals surface area contributed by atoms with Crippen LogP contribution < -0.4 is 10.1 Å². The van der Waals surface area contributed by atoms with E-state index in [1.807, 2.05) is 24.3 Å². The fraction of sp³-hybridized carbons (Fsp3) is 0.182. The number of ether oxygens (including phenoxy) is 1. The van der Waals surface area contributed by atoms with Crippen LogP contribution in [0.4, 0.5) is 5.69 Å². The molecule has 1 aromatic heterocycles. The number of methoxy groups -OCH3 is 1. The molecule has 0 radical (unpaired) electrons. The molecule has 0 saturated heterocycles. The maximum Gasteiger partial charge on any atom is 0.135 e. The molecule has 0 bridgehead atoms. The van der Waals surface area contributed by atoms with Gasteiger partial charge in [-0.3, -0.25) is 5.10 Å². The third-order valence-electron chi connectivity index (χ3n) is 2.19. The monoisotopic (exact) mass is 281 g/mol. The van der Waals surface area contributed by atoms with Crippen LogP contribution in [0.25, 0.3) is 0 Å². The highest BCUT2D eigenvalue weighted by atomic mass is 79.9. The molecule has 0 amide bonds. The van der Waals surface area contributed by atoms with E-state index in [1.54, 1.807) is 13.3 Å². The van der Waals surface area contributed by atoms with Gasteiger partial charge < -0.3 is 10.1 Å². The summed E-state index contributed by atoms with van der Waals surface area (Å²) < 4.78 is 6.16. The van der Waals surface area contributed by atoms with E-state index in [2.05, 4.69) is 31.4 Å². The number of aromatic nitrogens is 2. The second-order valence-electron chi connectivity index (χ2n) is 3.28. The molecule has 16 heavy (non-hydrogen) atoms. The van der Waals surface area contributed by atoms with Crippen LogP contribution in [0.1, 0.15) is 5.69 Å². The SMILES string of the molecule is COc1cc(NCc2ccn[nH]2)ccc1Br. The number of anilines is 1. The summed E-state index contributed by atoms with van der Waals surface area (Å²) in [5.74, 6) is 0.814. The Hall–Kier alpha value is -1.49. The van der Waals surface area contributed by atoms with Gasteiger partial charge in [-0.2, -0.15) is 5.10 Å². The molecule has 2 aromatic rings. The van der Waals surface area contributed by atoms with E-state index >= 15 is 0 Å². The van der Waals surface area contributed by atoms with Crippen molar-refractivity contribution in [2.24, 2.45) is 0 Å². The summed E-state index contributed by atoms with van der Waals surface area (Å²) >= 11 is 3.41. The Kier molecular flexibility index (Phi) is 3.46. The molecule has 0 spiro atoms. The highest BCUT2D eigenvalue weighted by Crippen LogP contribution is 2.27. The summed E-state index contributed by atoms with van der Waals surface area (Å²) in [6.07, 6.45) is 1.74. The van der Waals surface area contributed by atoms with Crippen molar-refractivity contribution in [2.45, 2.75) is 6.54 Å². The maximum atomic E-state index is 5.22. The second kappa shape index (κ2) is 5.03. The van der Waals surface area contributed by atoms with Crippen molar-refractivity contribution < 1.29 is 4.74 Å². The Bertz CT molecular complexity index is 456. The predicted molar refractivity (Wildman–Crippen MR) is 66.6 cm³/mol. The van der Waals surface area contributed by atoms with E-state index in [0.717, 1.165) is 21.6 Å². The fourth-order valence-corrected chi connectivity index (χ4v) is 1.76. The Labute approximate surface area is 102 Å². The van der Waals surface area contributed by atoms with Crippen LogP contribution in [-0.4, -0.2) is 17.3 Å². The van der Waals surface area contributed by atoms with Gasteiger partial charge in [0.05, 0.1) is 23.8 Å². The molecule has 0 aliphatic rings. The van der Waals surface area contributed by atoms with E-state index in [9.17, 15) is 0 Å². The first-order valence-electron chi connectivity index (χ1n) is 4.85. The second-order valence-corrected chi connectivity index (χ2v) is 4.14. The molecule has 5 heteroatoms. The molecule has 4 nitrogen and oxygen atoms in total. The quantitative estimate of drug-likeness (QED) is 0.906. The minimum atomic E-state index is 0.713. The number of nitrogens with one attached hydrogen (secondary N) is 2. The van der Waals surface area contributed by atoms with Gasteiger partial charge in [0.1, 0.15) is 5.75 Å². The molecule has 0 atom stereocenters. The highest BCUT2D eigenvalue weighted by Gasteiger charge is 2.01. The zero-order valence-electron chi connectivity index (χ0n) is 8.83. The molecule has 84 valence electrons. The normalized spacial score (nSPS) is 10.1. The lowest BCUT2D eigenvalue weighted by Crippen LogP contribution is -2.00. The molecule has 1 aromatic carbocycles. The predicted octanol–water partition coefficient (Wildman–Crippen LogP) is 2.79. The van der Waals surface area contributed by atoms with Crippen LogP contribution in [-0.2, 0) is 6.54 Å². The van der Waals surface area contributed by atoms with Gasteiger partial charge in [-0.25, -0.2) is 0 Å². The number of hydrogen-bond donors (Lipinski definition) is 2. The number of nitrogens with zero attached hydrogens (tertiary/aromatic N) is 1. The van der Waals surface area contributed by atoms with Gasteiger partial charge in [-0.15, -0.1) is 0 Å². The Balaban J connectivity index is 2.04. The maximum absolute atomic E-state index is 5.22. The number of aromatic amines is 1. The molecule has 0 saturated carbocycles. The average Bonchev–Trinajstić information content (AvgIpc) is 2.81. The topological polar surface area (TPSA) is 49.9 Å². The lowest BCUT2D eigenvalue weighted by molar-refractivity contribution is 0.412. The lowest BCUT2D eigenvalue weighted by atomic mass is 10.3. The molecule has 2 N–H and O–H groups in total. The largest absolute Gasteiger partial charge is 0.495 e. The van der Waals surface area contributed by atoms with Crippen LogP contribution in [0.5, 0.6) is 5.75 Å².